The highest BCUT2D eigenvalue weighted by Gasteiger charge is 2.14. The number of rotatable bonds is 3. The zero-order valence-corrected chi connectivity index (χ0v) is 12.6. The van der Waals surface area contributed by atoms with Crippen molar-refractivity contribution in [3.8, 4) is 0 Å². The topological polar surface area (TPSA) is 41.6 Å². The highest BCUT2D eigenvalue weighted by Crippen LogP contribution is 2.17. The molecule has 1 aliphatic heterocycles. The van der Waals surface area contributed by atoms with Crippen LogP contribution in [0, 0.1) is 0 Å². The molecule has 0 saturated carbocycles. The van der Waals surface area contributed by atoms with Crippen LogP contribution in [0.4, 0.5) is 4.79 Å². The molecule has 2 aromatic rings. The third-order valence-corrected chi connectivity index (χ3v) is 3.52. The van der Waals surface area contributed by atoms with Crippen LogP contribution in [0.1, 0.15) is 17.2 Å². The molecule has 1 aliphatic rings. The summed E-state index contributed by atoms with van der Waals surface area (Å²) in [5.74, 6) is 0. The highest BCUT2D eigenvalue weighted by molar-refractivity contribution is 5.70. The first-order valence-electron chi connectivity index (χ1n) is 7.48. The Bertz CT molecular complexity index is 696. The van der Waals surface area contributed by atoms with Crippen molar-refractivity contribution in [2.24, 2.45) is 0 Å². The van der Waals surface area contributed by atoms with Gasteiger partial charge in [-0.3, -0.25) is 4.90 Å². The van der Waals surface area contributed by atoms with Gasteiger partial charge in [0.15, 0.2) is 0 Å². The van der Waals surface area contributed by atoms with Crippen LogP contribution in [-0.2, 0) is 11.3 Å². The van der Waals surface area contributed by atoms with Crippen LogP contribution in [0.3, 0.4) is 0 Å². The number of benzene rings is 2. The summed E-state index contributed by atoms with van der Waals surface area (Å²) in [5, 5.41) is 3.24. The number of nitrogens with one attached hydrogen (secondary N) is 1. The summed E-state index contributed by atoms with van der Waals surface area (Å²) < 4.78 is 5.32. The standard InChI is InChI=1S/C19H18N2O2/c22-19(23-15-16-7-3-1-4-8-16)21-13-11-18(20-12-14-21)17-9-5-2-6-10-17/h1-14,18,20H,15H2. The van der Waals surface area contributed by atoms with Crippen molar-refractivity contribution in [3.63, 3.8) is 0 Å². The van der Waals surface area contributed by atoms with E-state index in [1.165, 1.54) is 4.90 Å². The summed E-state index contributed by atoms with van der Waals surface area (Å²) in [6, 6.07) is 19.7. The van der Waals surface area contributed by atoms with Crippen LogP contribution in [0.25, 0.3) is 0 Å². The average Bonchev–Trinajstić information content (AvgIpc) is 2.87. The van der Waals surface area contributed by atoms with Gasteiger partial charge in [0.2, 0.25) is 0 Å². The zero-order valence-electron chi connectivity index (χ0n) is 12.6. The number of carbonyl (C=O) groups excluding carboxylic acids is 1. The third kappa shape index (κ3) is 4.01. The lowest BCUT2D eigenvalue weighted by Gasteiger charge is -2.13. The van der Waals surface area contributed by atoms with Gasteiger partial charge in [-0.05, 0) is 17.2 Å². The minimum atomic E-state index is -0.406. The summed E-state index contributed by atoms with van der Waals surface area (Å²) in [7, 11) is 0. The maximum Gasteiger partial charge on any atom is 0.418 e. The number of nitrogens with zero attached hydrogens (tertiary/aromatic N) is 1. The molecule has 116 valence electrons. The molecule has 1 amide bonds. The lowest BCUT2D eigenvalue weighted by Crippen LogP contribution is -2.20. The molecule has 0 aromatic heterocycles. The van der Waals surface area contributed by atoms with Gasteiger partial charge in [0.05, 0.1) is 6.04 Å². The molecule has 1 atom stereocenters. The van der Waals surface area contributed by atoms with Crippen LogP contribution < -0.4 is 5.32 Å². The van der Waals surface area contributed by atoms with Crippen LogP contribution in [0.15, 0.2) is 85.3 Å². The zero-order chi connectivity index (χ0) is 15.9. The minimum absolute atomic E-state index is 0.0272. The maximum atomic E-state index is 12.1. The van der Waals surface area contributed by atoms with E-state index in [0.717, 1.165) is 11.1 Å². The summed E-state index contributed by atoms with van der Waals surface area (Å²) in [6.45, 7) is 0.257. The van der Waals surface area contributed by atoms with Crippen LogP contribution in [-0.4, -0.2) is 11.0 Å². The van der Waals surface area contributed by atoms with Crippen molar-refractivity contribution < 1.29 is 9.53 Å². The van der Waals surface area contributed by atoms with Gasteiger partial charge >= 0.3 is 6.09 Å². The fourth-order valence-electron chi connectivity index (χ4n) is 2.29. The van der Waals surface area contributed by atoms with Crippen molar-refractivity contribution in [2.75, 3.05) is 0 Å². The van der Waals surface area contributed by atoms with E-state index in [0.29, 0.717) is 0 Å². The lowest BCUT2D eigenvalue weighted by molar-refractivity contribution is 0.121. The SMILES string of the molecule is O=C(OCc1ccccc1)N1C=CNC(c2ccccc2)C=C1. The molecule has 0 bridgehead atoms. The fraction of sp³-hybridized carbons (Fsp3) is 0.105. The predicted molar refractivity (Wildman–Crippen MR) is 89.1 cm³/mol. The normalized spacial score (nSPS) is 16.5. The molecule has 0 spiro atoms. The Kier molecular flexibility index (Phi) is 4.74. The Morgan fingerprint density at radius 3 is 2.43 bits per heavy atom. The van der Waals surface area contributed by atoms with E-state index in [4.69, 9.17) is 4.74 Å². The summed E-state index contributed by atoms with van der Waals surface area (Å²) in [5.41, 5.74) is 2.09. The van der Waals surface area contributed by atoms with Crippen molar-refractivity contribution in [3.05, 3.63) is 96.5 Å². The Morgan fingerprint density at radius 2 is 1.70 bits per heavy atom. The maximum absolute atomic E-state index is 12.1. The van der Waals surface area contributed by atoms with Gasteiger partial charge in [0, 0.05) is 18.6 Å². The number of ether oxygens (including phenoxy) is 1. The molecule has 1 unspecified atom stereocenters. The third-order valence-electron chi connectivity index (χ3n) is 3.52. The Morgan fingerprint density at radius 1 is 1.00 bits per heavy atom. The van der Waals surface area contributed by atoms with Crippen molar-refractivity contribution >= 4 is 6.09 Å². The average molecular weight is 306 g/mol. The second-order valence-corrected chi connectivity index (χ2v) is 5.16. The predicted octanol–water partition coefficient (Wildman–Crippen LogP) is 3.95. The lowest BCUT2D eigenvalue weighted by atomic mass is 10.1. The first-order chi connectivity index (χ1) is 11.3. The molecule has 4 heteroatoms. The van der Waals surface area contributed by atoms with E-state index >= 15 is 0 Å². The minimum Gasteiger partial charge on any atom is -0.444 e. The van der Waals surface area contributed by atoms with Gasteiger partial charge in [0.25, 0.3) is 0 Å². The summed E-state index contributed by atoms with van der Waals surface area (Å²) >= 11 is 0. The molecule has 1 heterocycles. The monoisotopic (exact) mass is 306 g/mol. The molecule has 0 aliphatic carbocycles. The van der Waals surface area contributed by atoms with E-state index in [-0.39, 0.29) is 12.6 Å². The van der Waals surface area contributed by atoms with Gasteiger partial charge in [-0.1, -0.05) is 60.7 Å². The molecule has 0 radical (unpaired) electrons. The van der Waals surface area contributed by atoms with Gasteiger partial charge in [-0.15, -0.1) is 0 Å². The quantitative estimate of drug-likeness (QED) is 0.933. The largest absolute Gasteiger partial charge is 0.444 e. The van der Waals surface area contributed by atoms with Gasteiger partial charge in [0.1, 0.15) is 6.61 Å². The fourth-order valence-corrected chi connectivity index (χ4v) is 2.29. The second kappa shape index (κ2) is 7.31. The number of amides is 1. The second-order valence-electron chi connectivity index (χ2n) is 5.16. The molecule has 4 nitrogen and oxygen atoms in total. The first-order valence-corrected chi connectivity index (χ1v) is 7.48. The Labute approximate surface area is 135 Å². The van der Waals surface area contributed by atoms with Crippen molar-refractivity contribution in [1.29, 1.82) is 0 Å². The first kappa shape index (κ1) is 14.9. The number of carbonyl (C=O) groups is 1. The van der Waals surface area contributed by atoms with E-state index in [1.54, 1.807) is 18.6 Å². The molecule has 0 fully saturated rings. The molecular weight excluding hydrogens is 288 g/mol. The molecule has 2 aromatic carbocycles. The van der Waals surface area contributed by atoms with E-state index in [9.17, 15) is 4.79 Å². The molecule has 1 N–H and O–H groups in total. The van der Waals surface area contributed by atoms with Crippen molar-refractivity contribution in [2.45, 2.75) is 12.6 Å². The smallest absolute Gasteiger partial charge is 0.418 e. The molecule has 23 heavy (non-hydrogen) atoms. The van der Waals surface area contributed by atoms with Crippen molar-refractivity contribution in [1.82, 2.24) is 10.2 Å². The Hall–Kier alpha value is -3.01. The van der Waals surface area contributed by atoms with Crippen LogP contribution in [0.5, 0.6) is 0 Å². The Balaban J connectivity index is 1.61. The van der Waals surface area contributed by atoms with Gasteiger partial charge < -0.3 is 10.1 Å². The van der Waals surface area contributed by atoms with E-state index in [1.807, 2.05) is 66.7 Å². The van der Waals surface area contributed by atoms with E-state index < -0.39 is 6.09 Å². The molecule has 3 rings (SSSR count). The number of hydrogen-bond acceptors (Lipinski definition) is 3. The summed E-state index contributed by atoms with van der Waals surface area (Å²) in [6.07, 6.45) is 6.66. The highest BCUT2D eigenvalue weighted by atomic mass is 16.6. The molecule has 0 saturated heterocycles. The van der Waals surface area contributed by atoms with E-state index in [2.05, 4.69) is 5.32 Å². The van der Waals surface area contributed by atoms with Crippen LogP contribution in [0.2, 0.25) is 0 Å². The van der Waals surface area contributed by atoms with Crippen LogP contribution >= 0.6 is 0 Å². The molecular formula is C19H18N2O2. The number of hydrogen-bond donors (Lipinski definition) is 1. The van der Waals surface area contributed by atoms with Gasteiger partial charge in [-0.25, -0.2) is 4.79 Å². The summed E-state index contributed by atoms with van der Waals surface area (Å²) in [4.78, 5) is 13.6. The van der Waals surface area contributed by atoms with Gasteiger partial charge in [-0.2, -0.15) is 0 Å².